The molecule has 3 aromatic carbocycles. The smallest absolute Gasteiger partial charge is 0.277 e. The third-order valence-corrected chi connectivity index (χ3v) is 16.3. The van der Waals surface area contributed by atoms with Gasteiger partial charge in [-0.2, -0.15) is 5.10 Å². The van der Waals surface area contributed by atoms with Crippen LogP contribution in [-0.2, 0) is 20.8 Å². The van der Waals surface area contributed by atoms with Gasteiger partial charge in [0.05, 0.1) is 29.1 Å². The van der Waals surface area contributed by atoms with Crippen LogP contribution >= 0.6 is 34.8 Å². The van der Waals surface area contributed by atoms with Gasteiger partial charge in [0, 0.05) is 102 Å². The first kappa shape index (κ1) is 74.3. The van der Waals surface area contributed by atoms with E-state index in [1.165, 1.54) is 30.9 Å². The predicted molar refractivity (Wildman–Crippen MR) is 345 cm³/mol. The molecule has 9 rings (SSSR count). The zero-order chi connectivity index (χ0) is 62.7. The molecule has 21 heteroatoms. The molecule has 1 aliphatic carbocycles. The number of hydrogen-bond acceptors (Lipinski definition) is 11. The number of piperidine rings is 2. The number of piperazine rings is 2. The number of nitrogens with one attached hydrogen (secondary N) is 3. The van der Waals surface area contributed by atoms with Gasteiger partial charge in [0.2, 0.25) is 17.1 Å². The van der Waals surface area contributed by atoms with Gasteiger partial charge in [-0.1, -0.05) is 117 Å². The number of hydrogen-bond donors (Lipinski definition) is 4. The van der Waals surface area contributed by atoms with E-state index in [1.54, 1.807) is 29.2 Å². The number of aromatic amines is 1. The molecular weight excluding hydrogens is 1140 g/mol. The monoisotopic (exact) mass is 1240 g/mol. The topological polar surface area (TPSA) is 192 Å². The van der Waals surface area contributed by atoms with Gasteiger partial charge >= 0.3 is 0 Å². The lowest BCUT2D eigenvalue weighted by molar-refractivity contribution is -0.137. The summed E-state index contributed by atoms with van der Waals surface area (Å²) in [5, 5.41) is 20.7. The zero-order valence-corrected chi connectivity index (χ0v) is 53.9. The first-order valence-corrected chi connectivity index (χ1v) is 32.4. The van der Waals surface area contributed by atoms with Crippen molar-refractivity contribution in [2.45, 2.75) is 137 Å². The molecule has 4 saturated heterocycles. The normalized spacial score (nSPS) is 17.8. The molecule has 2 atom stereocenters. The van der Waals surface area contributed by atoms with Crippen LogP contribution < -0.4 is 16.2 Å². The fourth-order valence-corrected chi connectivity index (χ4v) is 11.1. The maximum Gasteiger partial charge on any atom is 0.277 e. The number of carbonyl (C=O) groups is 5. The van der Waals surface area contributed by atoms with Crippen molar-refractivity contribution < 1.29 is 33.4 Å². The van der Waals surface area contributed by atoms with Gasteiger partial charge in [-0.25, -0.2) is 9.49 Å². The molecule has 4 aliphatic heterocycles. The van der Waals surface area contributed by atoms with Crippen molar-refractivity contribution >= 4 is 82.5 Å². The Bertz CT molecular complexity index is 2660. The molecule has 470 valence electrons. The largest absolute Gasteiger partial charge is 0.461 e. The van der Waals surface area contributed by atoms with Crippen LogP contribution in [-0.4, -0.2) is 186 Å². The molecule has 5 fully saturated rings. The van der Waals surface area contributed by atoms with Crippen LogP contribution in [0, 0.1) is 17.7 Å². The Hall–Kier alpha value is -4.95. The van der Waals surface area contributed by atoms with Crippen molar-refractivity contribution in [1.82, 2.24) is 45.3 Å². The van der Waals surface area contributed by atoms with Crippen LogP contribution in [0.4, 0.5) is 4.39 Å². The van der Waals surface area contributed by atoms with Crippen molar-refractivity contribution in [3.05, 3.63) is 111 Å². The maximum atomic E-state index is 15.1. The second kappa shape index (κ2) is 42.0. The second-order valence-electron chi connectivity index (χ2n) is 21.3. The van der Waals surface area contributed by atoms with E-state index in [-0.39, 0.29) is 40.6 Å². The summed E-state index contributed by atoms with van der Waals surface area (Å²) in [6.07, 6.45) is 12.4. The molecule has 16 nitrogen and oxygen atoms in total. The molecule has 5 heterocycles. The second-order valence-corrected chi connectivity index (χ2v) is 22.6. The Morgan fingerprint density at radius 2 is 1.33 bits per heavy atom. The lowest BCUT2D eigenvalue weighted by Gasteiger charge is -2.41. The van der Waals surface area contributed by atoms with Gasteiger partial charge in [0.25, 0.3) is 25.4 Å². The van der Waals surface area contributed by atoms with E-state index in [2.05, 4.69) is 58.6 Å². The molecule has 5 aliphatic rings. The van der Waals surface area contributed by atoms with Gasteiger partial charge < -0.3 is 35.3 Å². The summed E-state index contributed by atoms with van der Waals surface area (Å²) in [4.78, 5) is 86.9. The van der Waals surface area contributed by atoms with Crippen LogP contribution in [0.5, 0.6) is 0 Å². The fraction of sp³-hybridized carbons (Fsp3) is 0.609. The molecule has 1 saturated carbocycles. The number of aromatic nitrogens is 2. The van der Waals surface area contributed by atoms with Crippen LogP contribution in [0.25, 0.3) is 10.8 Å². The standard InChI is InChI=1S/C52H66FN9O5.C4H10.C2H2Cl2O.C2H5Cl.2C2H6.BHO/c53-45-16-15-37(31-46-42-13-4-5-14-43(42)50(65)57-56-46)30-44(45)51(66)62-28-26-60(27-29-62)47(63)35-59-24-22-58(23-25-59)34-36-17-20-61(21-18-36)52(67)48(38-8-2-1-3-9-38)55-49(64)40-11-6-10-39(32-40)41-12-7-19-54-33-41;1-3-4-2;3-1-2(4)5;1-2-3;3*1-2/h4-6,10-11,13-16,30,32,36,38,41,48,54H,1-3,7-9,12,17-29,31,33-35H2,(H,55,64)(H,57,65);3-4H2,1-2H3;1H2;2H2,1H3;2*1-2H3;2H. The number of likely N-dealkylation sites (tertiary alicyclic amines) is 1. The van der Waals surface area contributed by atoms with Gasteiger partial charge in [0.1, 0.15) is 11.9 Å². The SMILES string of the molecule is CC.CC.CCCC.CCCl.O=C(Cl)CCl.O=C(NC(C(=O)N1CCC(CN2CCN(CC(=O)N3CCN(C(=O)c4cc(Cc5n[nH]c(=O)c6ccccc56)ccc4F)CC3)CC2)CC1)C1CCCCC1)c1cccc(C2CCCNC2)c1.[B]O. The van der Waals surface area contributed by atoms with Crippen LogP contribution in [0.15, 0.2) is 71.5 Å². The lowest BCUT2D eigenvalue weighted by atomic mass is 9.82. The number of carbonyl (C=O) groups excluding carboxylic acids is 5. The minimum absolute atomic E-state index is 0.0169. The number of alkyl halides is 2. The molecule has 0 bridgehead atoms. The first-order valence-electron chi connectivity index (χ1n) is 31.0. The molecule has 4 aromatic rings. The number of unbranched alkanes of at least 4 members (excludes halogenated alkanes) is 1. The summed E-state index contributed by atoms with van der Waals surface area (Å²) in [7, 11) is 3.50. The van der Waals surface area contributed by atoms with E-state index < -0.39 is 23.0 Å². The number of nitrogens with zero attached hydrogens (tertiary/aromatic N) is 6. The first-order chi connectivity index (χ1) is 41.3. The number of amides is 4. The highest BCUT2D eigenvalue weighted by atomic mass is 35.5. The van der Waals surface area contributed by atoms with Crippen LogP contribution in [0.2, 0.25) is 0 Å². The molecule has 2 unspecified atom stereocenters. The molecule has 4 N–H and O–H groups in total. The molecule has 0 spiro atoms. The van der Waals surface area contributed by atoms with E-state index >= 15 is 4.39 Å². The average Bonchev–Trinajstić information content (AvgIpc) is 3.67. The molecule has 2 radical (unpaired) electrons. The summed E-state index contributed by atoms with van der Waals surface area (Å²) < 4.78 is 15.1. The highest BCUT2D eigenvalue weighted by Gasteiger charge is 2.36. The summed E-state index contributed by atoms with van der Waals surface area (Å²) in [5.74, 6) is 0.636. The molecule has 85 heavy (non-hydrogen) atoms. The molecule has 4 amide bonds. The number of halogens is 4. The van der Waals surface area contributed by atoms with Gasteiger partial charge in [-0.05, 0) is 116 Å². The van der Waals surface area contributed by atoms with Crippen molar-refractivity contribution in [3.63, 3.8) is 0 Å². The Morgan fingerprint density at radius 1 is 0.729 bits per heavy atom. The average molecular weight is 1240 g/mol. The Kier molecular flexibility index (Phi) is 36.7. The predicted octanol–water partition coefficient (Wildman–Crippen LogP) is 9.80. The van der Waals surface area contributed by atoms with Crippen molar-refractivity contribution in [3.8, 4) is 0 Å². The Morgan fingerprint density at radius 3 is 1.92 bits per heavy atom. The van der Waals surface area contributed by atoms with Crippen molar-refractivity contribution in [2.24, 2.45) is 11.8 Å². The fourth-order valence-electron chi connectivity index (χ4n) is 11.1. The van der Waals surface area contributed by atoms with Crippen molar-refractivity contribution in [2.75, 3.05) is 103 Å². The highest BCUT2D eigenvalue weighted by Crippen LogP contribution is 2.30. The van der Waals surface area contributed by atoms with Gasteiger partial charge in [0.15, 0.2) is 0 Å². The van der Waals surface area contributed by atoms with Crippen molar-refractivity contribution in [1.29, 1.82) is 0 Å². The van der Waals surface area contributed by atoms with Gasteiger partial charge in [-0.15, -0.1) is 23.2 Å². The maximum absolute atomic E-state index is 15.1. The summed E-state index contributed by atoms with van der Waals surface area (Å²) in [5.41, 5.74) is 2.86. The van der Waals surface area contributed by atoms with Crippen LogP contribution in [0.3, 0.4) is 0 Å². The summed E-state index contributed by atoms with van der Waals surface area (Å²) in [6.45, 7) is 23.7. The Labute approximate surface area is 522 Å². The molecular formula is C64H96BCl3FN9O7. The highest BCUT2D eigenvalue weighted by molar-refractivity contribution is 6.67. The van der Waals surface area contributed by atoms with E-state index in [4.69, 9.17) is 39.8 Å². The minimum atomic E-state index is -0.600. The van der Waals surface area contributed by atoms with E-state index in [9.17, 15) is 28.8 Å². The Balaban J connectivity index is 0.000000938. The molecule has 1 aromatic heterocycles. The third kappa shape index (κ3) is 24.3. The minimum Gasteiger partial charge on any atom is -0.461 e. The van der Waals surface area contributed by atoms with E-state index in [0.29, 0.717) is 91.7 Å². The number of rotatable bonds is 14. The number of benzene rings is 3. The summed E-state index contributed by atoms with van der Waals surface area (Å²) in [6, 6.07) is 19.2. The quantitative estimate of drug-likeness (QED) is 0.0534. The van der Waals surface area contributed by atoms with Crippen LogP contribution in [0.1, 0.15) is 163 Å². The zero-order valence-electron chi connectivity index (χ0n) is 51.6. The van der Waals surface area contributed by atoms with E-state index in [0.717, 1.165) is 103 Å². The summed E-state index contributed by atoms with van der Waals surface area (Å²) >= 11 is 14.5. The lowest BCUT2D eigenvalue weighted by Crippen LogP contribution is -2.55. The van der Waals surface area contributed by atoms with E-state index in [1.807, 2.05) is 74.8 Å². The number of fused-ring (bicyclic) bond motifs is 1. The van der Waals surface area contributed by atoms with Gasteiger partial charge in [-0.3, -0.25) is 33.7 Å². The third-order valence-electron chi connectivity index (χ3n) is 15.8. The number of H-pyrrole nitrogens is 1.